The molecule has 3 aliphatic rings. The number of piperidine rings is 1. The molecule has 1 aromatic rings. The van der Waals surface area contributed by atoms with Crippen LogP contribution in [0.3, 0.4) is 0 Å². The van der Waals surface area contributed by atoms with Crippen LogP contribution in [-0.4, -0.2) is 48.9 Å². The maximum Gasteiger partial charge on any atom is 0.237 e. The van der Waals surface area contributed by atoms with E-state index in [0.29, 0.717) is 18.4 Å². The minimum atomic E-state index is -0.194. The van der Waals surface area contributed by atoms with Crippen molar-refractivity contribution in [3.05, 3.63) is 35.9 Å². The molecule has 2 atom stereocenters. The molecule has 1 aromatic carbocycles. The van der Waals surface area contributed by atoms with Gasteiger partial charge >= 0.3 is 0 Å². The molecular weight excluding hydrogens is 350 g/mol. The van der Waals surface area contributed by atoms with Gasteiger partial charge in [0.05, 0.1) is 11.5 Å². The first-order chi connectivity index (χ1) is 13.7. The van der Waals surface area contributed by atoms with Crippen molar-refractivity contribution in [1.82, 2.24) is 15.5 Å². The van der Waals surface area contributed by atoms with Gasteiger partial charge in [-0.1, -0.05) is 36.8 Å². The number of likely N-dealkylation sites (tertiary alicyclic amines) is 1. The summed E-state index contributed by atoms with van der Waals surface area (Å²) in [6, 6.07) is 10.4. The lowest BCUT2D eigenvalue weighted by atomic mass is 9.64. The van der Waals surface area contributed by atoms with Crippen LogP contribution < -0.4 is 10.6 Å². The Hall–Kier alpha value is -1.88. The number of hydrogen-bond donors (Lipinski definition) is 2. The average Bonchev–Trinajstić information content (AvgIpc) is 3.24. The molecule has 0 radical (unpaired) electrons. The van der Waals surface area contributed by atoms with E-state index in [1.54, 1.807) is 0 Å². The molecule has 4 rings (SSSR count). The molecule has 28 heavy (non-hydrogen) atoms. The molecule has 2 saturated heterocycles. The number of nitrogens with one attached hydrogen (secondary N) is 2. The smallest absolute Gasteiger partial charge is 0.237 e. The molecule has 0 bridgehead atoms. The van der Waals surface area contributed by atoms with Crippen molar-refractivity contribution in [3.8, 4) is 0 Å². The van der Waals surface area contributed by atoms with Gasteiger partial charge in [0.25, 0.3) is 0 Å². The average molecular weight is 384 g/mol. The highest BCUT2D eigenvalue weighted by Crippen LogP contribution is 2.45. The summed E-state index contributed by atoms with van der Waals surface area (Å²) in [6.07, 6.45) is 8.16. The van der Waals surface area contributed by atoms with Crippen molar-refractivity contribution < 1.29 is 9.59 Å². The van der Waals surface area contributed by atoms with Crippen molar-refractivity contribution in [2.24, 2.45) is 11.3 Å². The van der Waals surface area contributed by atoms with Crippen LogP contribution in [-0.2, 0) is 16.0 Å². The monoisotopic (exact) mass is 383 g/mol. The number of benzene rings is 1. The van der Waals surface area contributed by atoms with Crippen LogP contribution in [0.4, 0.5) is 0 Å². The normalized spacial score (nSPS) is 26.5. The third-order valence-corrected chi connectivity index (χ3v) is 6.90. The van der Waals surface area contributed by atoms with Crippen LogP contribution in [0.1, 0.15) is 50.5 Å². The van der Waals surface area contributed by atoms with Gasteiger partial charge in [-0.05, 0) is 63.0 Å². The zero-order valence-electron chi connectivity index (χ0n) is 16.8. The second kappa shape index (κ2) is 8.64. The lowest BCUT2D eigenvalue weighted by Gasteiger charge is -2.46. The van der Waals surface area contributed by atoms with Gasteiger partial charge in [0.1, 0.15) is 0 Å². The lowest BCUT2D eigenvalue weighted by Crippen LogP contribution is -2.53. The van der Waals surface area contributed by atoms with Gasteiger partial charge in [-0.15, -0.1) is 0 Å². The molecule has 0 aromatic heterocycles. The van der Waals surface area contributed by atoms with Crippen LogP contribution >= 0.6 is 0 Å². The lowest BCUT2D eigenvalue weighted by molar-refractivity contribution is -0.149. The quantitative estimate of drug-likeness (QED) is 0.793. The second-order valence-corrected chi connectivity index (χ2v) is 8.95. The van der Waals surface area contributed by atoms with Gasteiger partial charge < -0.3 is 15.5 Å². The number of amides is 2. The molecule has 2 N–H and O–H groups in total. The number of rotatable bonds is 6. The Bertz CT molecular complexity index is 680. The molecule has 1 aliphatic carbocycles. The minimum absolute atomic E-state index is 0.0227. The van der Waals surface area contributed by atoms with Crippen molar-refractivity contribution in [2.75, 3.05) is 26.2 Å². The summed E-state index contributed by atoms with van der Waals surface area (Å²) in [5, 5.41) is 6.37. The zero-order valence-corrected chi connectivity index (χ0v) is 16.8. The number of hydrogen-bond acceptors (Lipinski definition) is 3. The van der Waals surface area contributed by atoms with E-state index in [-0.39, 0.29) is 17.4 Å². The number of carbonyl (C=O) groups is 2. The maximum absolute atomic E-state index is 13.4. The topological polar surface area (TPSA) is 61.4 Å². The molecule has 152 valence electrons. The van der Waals surface area contributed by atoms with Gasteiger partial charge in [-0.3, -0.25) is 9.59 Å². The molecule has 2 amide bonds. The van der Waals surface area contributed by atoms with Crippen LogP contribution in [0.5, 0.6) is 0 Å². The van der Waals surface area contributed by atoms with E-state index in [1.165, 1.54) is 5.56 Å². The van der Waals surface area contributed by atoms with Crippen molar-refractivity contribution in [3.63, 3.8) is 0 Å². The predicted octanol–water partition coefficient (Wildman–Crippen LogP) is 2.51. The zero-order chi connectivity index (χ0) is 19.4. The first-order valence-electron chi connectivity index (χ1n) is 11.0. The van der Waals surface area contributed by atoms with E-state index in [1.807, 2.05) is 6.07 Å². The van der Waals surface area contributed by atoms with Crippen molar-refractivity contribution in [2.45, 2.75) is 57.4 Å². The van der Waals surface area contributed by atoms with Crippen LogP contribution in [0.25, 0.3) is 0 Å². The molecule has 3 fully saturated rings. The van der Waals surface area contributed by atoms with Gasteiger partial charge in [-0.2, -0.15) is 0 Å². The Kier molecular flexibility index (Phi) is 6.00. The Morgan fingerprint density at radius 1 is 1.11 bits per heavy atom. The number of nitrogens with zero attached hydrogens (tertiary/aromatic N) is 1. The molecule has 2 unspecified atom stereocenters. The highest BCUT2D eigenvalue weighted by Gasteiger charge is 2.46. The summed E-state index contributed by atoms with van der Waals surface area (Å²) in [7, 11) is 0. The highest BCUT2D eigenvalue weighted by atomic mass is 16.2. The molecule has 5 heteroatoms. The molecule has 1 saturated carbocycles. The maximum atomic E-state index is 13.4. The van der Waals surface area contributed by atoms with E-state index in [9.17, 15) is 9.59 Å². The van der Waals surface area contributed by atoms with E-state index < -0.39 is 0 Å². The fraction of sp³-hybridized carbons (Fsp3) is 0.652. The van der Waals surface area contributed by atoms with Gasteiger partial charge in [0.2, 0.25) is 11.8 Å². The third-order valence-electron chi connectivity index (χ3n) is 6.90. The Balaban J connectivity index is 1.32. The summed E-state index contributed by atoms with van der Waals surface area (Å²) in [5.41, 5.74) is 1.07. The van der Waals surface area contributed by atoms with Gasteiger partial charge in [-0.25, -0.2) is 0 Å². The standard InChI is InChI=1S/C23H33N3O2/c27-21(20-10-4-13-24-20)25-16-19-9-5-14-26(17-19)22(28)23(11-6-12-23)15-18-7-2-1-3-8-18/h1-3,7-8,19-20,24H,4-6,9-17H2,(H,25,27). The van der Waals surface area contributed by atoms with Crippen molar-refractivity contribution >= 4 is 11.8 Å². The molecular formula is C23H33N3O2. The van der Waals surface area contributed by atoms with E-state index in [4.69, 9.17) is 0 Å². The van der Waals surface area contributed by atoms with E-state index in [2.05, 4.69) is 39.8 Å². The van der Waals surface area contributed by atoms with Crippen LogP contribution in [0.15, 0.2) is 30.3 Å². The Labute approximate surface area is 168 Å². The second-order valence-electron chi connectivity index (χ2n) is 8.95. The van der Waals surface area contributed by atoms with Crippen LogP contribution in [0.2, 0.25) is 0 Å². The summed E-state index contributed by atoms with van der Waals surface area (Å²) in [5.74, 6) is 0.841. The SMILES string of the molecule is O=C(NCC1CCCN(C(=O)C2(Cc3ccccc3)CCC2)C1)C1CCCN1. The van der Waals surface area contributed by atoms with Gasteiger partial charge in [0.15, 0.2) is 0 Å². The largest absolute Gasteiger partial charge is 0.354 e. The Morgan fingerprint density at radius 3 is 2.61 bits per heavy atom. The summed E-state index contributed by atoms with van der Waals surface area (Å²) >= 11 is 0. The fourth-order valence-electron chi connectivity index (χ4n) is 5.08. The van der Waals surface area contributed by atoms with Crippen molar-refractivity contribution in [1.29, 1.82) is 0 Å². The van der Waals surface area contributed by atoms with Gasteiger partial charge in [0, 0.05) is 19.6 Å². The fourth-order valence-corrected chi connectivity index (χ4v) is 5.08. The highest BCUT2D eigenvalue weighted by molar-refractivity contribution is 5.84. The third kappa shape index (κ3) is 4.24. The molecule has 5 nitrogen and oxygen atoms in total. The van der Waals surface area contributed by atoms with E-state index >= 15 is 0 Å². The summed E-state index contributed by atoms with van der Waals surface area (Å²) in [6.45, 7) is 3.28. The number of carbonyl (C=O) groups excluding carboxylic acids is 2. The predicted molar refractivity (Wildman–Crippen MR) is 110 cm³/mol. The first kappa shape index (κ1) is 19.4. The molecule has 0 spiro atoms. The summed E-state index contributed by atoms with van der Waals surface area (Å²) < 4.78 is 0. The first-order valence-corrected chi connectivity index (χ1v) is 11.0. The molecule has 2 heterocycles. The van der Waals surface area contributed by atoms with Crippen LogP contribution in [0, 0.1) is 11.3 Å². The van der Waals surface area contributed by atoms with E-state index in [0.717, 1.165) is 71.0 Å². The Morgan fingerprint density at radius 2 is 1.93 bits per heavy atom. The minimum Gasteiger partial charge on any atom is -0.354 e. The summed E-state index contributed by atoms with van der Waals surface area (Å²) in [4.78, 5) is 27.8. The molecule has 2 aliphatic heterocycles.